The Morgan fingerprint density at radius 3 is 1.55 bits per heavy atom. The van der Waals surface area contributed by atoms with Gasteiger partial charge in [-0.05, 0) is 30.7 Å². The number of para-hydroxylation sites is 2. The van der Waals surface area contributed by atoms with Gasteiger partial charge in [0, 0.05) is 53.4 Å². The average molecular weight is 341 g/mol. The smallest absolute Gasteiger partial charge is 0.124 e. The molecule has 4 nitrogen and oxygen atoms in total. The third-order valence-electron chi connectivity index (χ3n) is 2.91. The van der Waals surface area contributed by atoms with E-state index in [0.29, 0.717) is 13.1 Å². The first kappa shape index (κ1) is 17.9. The molecule has 0 spiro atoms. The van der Waals surface area contributed by atoms with Gasteiger partial charge in [-0.2, -0.15) is 0 Å². The molecule has 0 aromatic heterocycles. The van der Waals surface area contributed by atoms with Crippen molar-refractivity contribution < 1.29 is 27.0 Å². The Morgan fingerprint density at radius 1 is 0.727 bits per heavy atom. The fourth-order valence-electron chi connectivity index (χ4n) is 1.77. The molecule has 2 rings (SSSR count). The second kappa shape index (κ2) is 9.76. The SMILES string of the molecule is Oc1ccccc1C=NCCCN=Cc1ccccc1O.[Co]. The third-order valence-corrected chi connectivity index (χ3v) is 2.91. The van der Waals surface area contributed by atoms with Crippen LogP contribution in [0.3, 0.4) is 0 Å². The fraction of sp³-hybridized carbons (Fsp3) is 0.176. The predicted octanol–water partition coefficient (Wildman–Crippen LogP) is 3.02. The van der Waals surface area contributed by atoms with Crippen LogP contribution in [0.4, 0.5) is 0 Å². The maximum atomic E-state index is 9.56. The quantitative estimate of drug-likeness (QED) is 0.627. The molecule has 0 amide bonds. The monoisotopic (exact) mass is 341 g/mol. The summed E-state index contributed by atoms with van der Waals surface area (Å²) < 4.78 is 0. The second-order valence-electron chi connectivity index (χ2n) is 4.54. The van der Waals surface area contributed by atoms with E-state index in [-0.39, 0.29) is 28.3 Å². The molecule has 5 heteroatoms. The van der Waals surface area contributed by atoms with Crippen LogP contribution in [0.5, 0.6) is 11.5 Å². The molecule has 0 aliphatic heterocycles. The van der Waals surface area contributed by atoms with E-state index in [1.165, 1.54) is 0 Å². The summed E-state index contributed by atoms with van der Waals surface area (Å²) in [6, 6.07) is 14.2. The van der Waals surface area contributed by atoms with Crippen LogP contribution in [-0.2, 0) is 16.8 Å². The molecular weight excluding hydrogens is 323 g/mol. The van der Waals surface area contributed by atoms with E-state index in [1.54, 1.807) is 36.7 Å². The molecule has 0 unspecified atom stereocenters. The minimum Gasteiger partial charge on any atom is -0.507 e. The molecule has 2 N–H and O–H groups in total. The molecule has 0 aliphatic carbocycles. The zero-order chi connectivity index (χ0) is 14.9. The van der Waals surface area contributed by atoms with Gasteiger partial charge in [0.05, 0.1) is 0 Å². The van der Waals surface area contributed by atoms with Gasteiger partial charge in [0.2, 0.25) is 0 Å². The minimum atomic E-state index is 0. The van der Waals surface area contributed by atoms with Gasteiger partial charge < -0.3 is 10.2 Å². The Balaban J connectivity index is 0.00000242. The standard InChI is InChI=1S/C17H18N2O2.Co/c20-16-8-3-1-6-14(16)12-18-10-5-11-19-13-15-7-2-4-9-17(15)21;/h1-4,6-9,12-13,20-21H,5,10-11H2;. The van der Waals surface area contributed by atoms with Crippen molar-refractivity contribution in [3.63, 3.8) is 0 Å². The molecule has 0 bridgehead atoms. The third kappa shape index (κ3) is 5.71. The number of hydrogen-bond acceptors (Lipinski definition) is 4. The summed E-state index contributed by atoms with van der Waals surface area (Å²) in [7, 11) is 0. The van der Waals surface area contributed by atoms with Crippen LogP contribution >= 0.6 is 0 Å². The van der Waals surface area contributed by atoms with E-state index >= 15 is 0 Å². The Bertz CT molecular complexity index is 587. The number of hydrogen-bond donors (Lipinski definition) is 2. The topological polar surface area (TPSA) is 65.2 Å². The Morgan fingerprint density at radius 2 is 1.14 bits per heavy atom. The number of rotatable bonds is 6. The molecule has 0 heterocycles. The first-order valence-corrected chi connectivity index (χ1v) is 6.83. The molecule has 0 atom stereocenters. The predicted molar refractivity (Wildman–Crippen MR) is 85.8 cm³/mol. The average Bonchev–Trinajstić information content (AvgIpc) is 2.50. The summed E-state index contributed by atoms with van der Waals surface area (Å²) >= 11 is 0. The molecule has 0 aliphatic rings. The van der Waals surface area contributed by atoms with E-state index in [0.717, 1.165) is 17.5 Å². The normalized spacial score (nSPS) is 10.9. The van der Waals surface area contributed by atoms with Gasteiger partial charge >= 0.3 is 0 Å². The summed E-state index contributed by atoms with van der Waals surface area (Å²) in [6.07, 6.45) is 4.15. The Hall–Kier alpha value is -2.11. The maximum Gasteiger partial charge on any atom is 0.124 e. The van der Waals surface area contributed by atoms with Gasteiger partial charge in [-0.25, -0.2) is 0 Å². The van der Waals surface area contributed by atoms with Crippen molar-refractivity contribution in [3.05, 3.63) is 59.7 Å². The van der Waals surface area contributed by atoms with Gasteiger partial charge in [0.15, 0.2) is 0 Å². The Kier molecular flexibility index (Phi) is 7.95. The van der Waals surface area contributed by atoms with Crippen LogP contribution in [0, 0.1) is 0 Å². The molecule has 22 heavy (non-hydrogen) atoms. The Labute approximate surface area is 140 Å². The van der Waals surface area contributed by atoms with E-state index in [9.17, 15) is 10.2 Å². The van der Waals surface area contributed by atoms with E-state index < -0.39 is 0 Å². The van der Waals surface area contributed by atoms with E-state index in [1.807, 2.05) is 24.3 Å². The number of phenolic OH excluding ortho intramolecular Hbond substituents is 2. The number of benzene rings is 2. The van der Waals surface area contributed by atoms with Crippen molar-refractivity contribution in [1.29, 1.82) is 0 Å². The van der Waals surface area contributed by atoms with Crippen molar-refractivity contribution in [3.8, 4) is 11.5 Å². The van der Waals surface area contributed by atoms with Gasteiger partial charge in [-0.1, -0.05) is 24.3 Å². The van der Waals surface area contributed by atoms with Crippen molar-refractivity contribution in [2.24, 2.45) is 9.98 Å². The minimum absolute atomic E-state index is 0. The van der Waals surface area contributed by atoms with Gasteiger partial charge in [0.25, 0.3) is 0 Å². The van der Waals surface area contributed by atoms with Crippen LogP contribution in [0.2, 0.25) is 0 Å². The fourth-order valence-corrected chi connectivity index (χ4v) is 1.77. The number of aromatic hydroxyl groups is 2. The summed E-state index contributed by atoms with van der Waals surface area (Å²) in [5, 5.41) is 19.1. The molecule has 2 aromatic carbocycles. The van der Waals surface area contributed by atoms with Crippen molar-refractivity contribution >= 4 is 12.4 Å². The number of phenols is 2. The molecule has 0 saturated heterocycles. The molecule has 0 saturated carbocycles. The van der Waals surface area contributed by atoms with E-state index in [2.05, 4.69) is 9.98 Å². The van der Waals surface area contributed by atoms with Crippen molar-refractivity contribution in [2.75, 3.05) is 13.1 Å². The first-order valence-electron chi connectivity index (χ1n) is 6.83. The van der Waals surface area contributed by atoms with Gasteiger partial charge in [0.1, 0.15) is 11.5 Å². The summed E-state index contributed by atoms with van der Waals surface area (Å²) in [6.45, 7) is 1.29. The van der Waals surface area contributed by atoms with Crippen LogP contribution in [-0.4, -0.2) is 35.7 Å². The van der Waals surface area contributed by atoms with Gasteiger partial charge in [-0.15, -0.1) is 0 Å². The maximum absolute atomic E-state index is 9.56. The summed E-state index contributed by atoms with van der Waals surface area (Å²) in [4.78, 5) is 8.51. The largest absolute Gasteiger partial charge is 0.507 e. The van der Waals surface area contributed by atoms with E-state index in [4.69, 9.17) is 0 Å². The van der Waals surface area contributed by atoms with Gasteiger partial charge in [-0.3, -0.25) is 9.98 Å². The first-order chi connectivity index (χ1) is 10.3. The van der Waals surface area contributed by atoms with Crippen molar-refractivity contribution in [2.45, 2.75) is 6.42 Å². The van der Waals surface area contributed by atoms with Crippen LogP contribution in [0.25, 0.3) is 0 Å². The van der Waals surface area contributed by atoms with Crippen LogP contribution < -0.4 is 0 Å². The molecule has 117 valence electrons. The molecular formula is C17H18CoN2O2. The van der Waals surface area contributed by atoms with Crippen LogP contribution in [0.15, 0.2) is 58.5 Å². The number of nitrogens with zero attached hydrogens (tertiary/aromatic N) is 2. The summed E-state index contributed by atoms with van der Waals surface area (Å²) in [5.41, 5.74) is 1.44. The number of aliphatic imine (C=N–C) groups is 2. The molecule has 1 radical (unpaired) electrons. The molecule has 2 aromatic rings. The second-order valence-corrected chi connectivity index (χ2v) is 4.54. The molecule has 0 fully saturated rings. The van der Waals surface area contributed by atoms with Crippen LogP contribution in [0.1, 0.15) is 17.5 Å². The van der Waals surface area contributed by atoms with Crippen molar-refractivity contribution in [1.82, 2.24) is 0 Å². The summed E-state index contributed by atoms with van der Waals surface area (Å²) in [5.74, 6) is 0.470. The zero-order valence-corrected chi connectivity index (χ0v) is 13.1. The zero-order valence-electron chi connectivity index (χ0n) is 12.0.